The summed E-state index contributed by atoms with van der Waals surface area (Å²) < 4.78 is 0. The molecule has 1 saturated carbocycles. The molecule has 36 heavy (non-hydrogen) atoms. The molecular weight excluding hydrogens is 446 g/mol. The first-order chi connectivity index (χ1) is 17.5. The molecule has 5 nitrogen and oxygen atoms in total. The van der Waals surface area contributed by atoms with E-state index in [1.165, 1.54) is 24.5 Å². The van der Waals surface area contributed by atoms with Gasteiger partial charge in [-0.1, -0.05) is 86.5 Å². The van der Waals surface area contributed by atoms with Crippen molar-refractivity contribution < 1.29 is 9.59 Å². The van der Waals surface area contributed by atoms with E-state index in [0.29, 0.717) is 17.4 Å². The fourth-order valence-corrected chi connectivity index (χ4v) is 4.25. The number of hydrogen-bond acceptors (Lipinski definition) is 4. The Morgan fingerprint density at radius 1 is 0.944 bits per heavy atom. The van der Waals surface area contributed by atoms with Crippen molar-refractivity contribution in [3.8, 4) is 0 Å². The Labute approximate surface area is 214 Å². The minimum atomic E-state index is -0.273. The van der Waals surface area contributed by atoms with Crippen molar-refractivity contribution in [1.82, 2.24) is 5.32 Å². The van der Waals surface area contributed by atoms with Gasteiger partial charge in [0.15, 0.2) is 5.78 Å². The van der Waals surface area contributed by atoms with Gasteiger partial charge < -0.3 is 16.4 Å². The second kappa shape index (κ2) is 14.0. The van der Waals surface area contributed by atoms with Crippen molar-refractivity contribution in [3.63, 3.8) is 0 Å². The highest BCUT2D eigenvalue weighted by Gasteiger charge is 2.23. The molecule has 188 valence electrons. The van der Waals surface area contributed by atoms with E-state index in [1.807, 2.05) is 42.5 Å². The summed E-state index contributed by atoms with van der Waals surface area (Å²) in [7, 11) is 0. The summed E-state index contributed by atoms with van der Waals surface area (Å²) in [6, 6.07) is 25.5. The zero-order valence-electron chi connectivity index (χ0n) is 21.2. The monoisotopic (exact) mass is 483 g/mol. The van der Waals surface area contributed by atoms with Crippen LogP contribution in [-0.4, -0.2) is 17.7 Å². The summed E-state index contributed by atoms with van der Waals surface area (Å²) in [5.41, 5.74) is 10.2. The van der Waals surface area contributed by atoms with E-state index in [0.717, 1.165) is 30.4 Å². The van der Waals surface area contributed by atoms with Crippen LogP contribution in [0, 0.1) is 0 Å². The van der Waals surface area contributed by atoms with Gasteiger partial charge in [0.25, 0.3) is 0 Å². The number of aryl methyl sites for hydroxylation is 1. The second-order valence-corrected chi connectivity index (χ2v) is 9.11. The quantitative estimate of drug-likeness (QED) is 0.258. The summed E-state index contributed by atoms with van der Waals surface area (Å²) in [5.74, 6) is -0.124. The molecule has 1 atom stereocenters. The average molecular weight is 484 g/mol. The number of hydrogen-bond donors (Lipinski definition) is 3. The van der Waals surface area contributed by atoms with Crippen LogP contribution in [0.15, 0.2) is 84.9 Å². The first-order valence-electron chi connectivity index (χ1n) is 12.7. The SMILES string of the molecule is CC(=O)C(NC1CCCC1)c1ccc(/C=C/C(=O)Nc2ccccc2N)cc1.CCc1ccccc1. The van der Waals surface area contributed by atoms with E-state index < -0.39 is 0 Å². The number of benzene rings is 3. The standard InChI is InChI=1S/C23H27N3O2.C8H10/c1-16(27)23(25-19-6-2-3-7-19)18-13-10-17(11-14-18)12-15-22(28)26-21-9-5-4-8-20(21)24;1-2-8-6-4-3-5-7-8/h4-5,8-15,19,23,25H,2-3,6-7,24H2,1H3,(H,26,28);3-7H,2H2,1H3/b15-12+;. The van der Waals surface area contributed by atoms with Gasteiger partial charge in [0.2, 0.25) is 5.91 Å². The van der Waals surface area contributed by atoms with Gasteiger partial charge in [-0.25, -0.2) is 0 Å². The lowest BCUT2D eigenvalue weighted by Crippen LogP contribution is -2.34. The van der Waals surface area contributed by atoms with Crippen LogP contribution in [0.1, 0.15) is 62.3 Å². The lowest BCUT2D eigenvalue weighted by atomic mass is 10.0. The number of Topliss-reactive ketones (excluding diaryl/α,β-unsaturated/α-hetero) is 1. The van der Waals surface area contributed by atoms with Crippen LogP contribution in [0.5, 0.6) is 0 Å². The molecule has 0 spiro atoms. The molecule has 0 bridgehead atoms. The largest absolute Gasteiger partial charge is 0.397 e. The predicted molar refractivity (Wildman–Crippen MR) is 150 cm³/mol. The maximum absolute atomic E-state index is 12.1. The number of nitrogen functional groups attached to an aromatic ring is 1. The Kier molecular flexibility index (Phi) is 10.5. The molecule has 3 aromatic carbocycles. The van der Waals surface area contributed by atoms with Gasteiger partial charge in [-0.05, 0) is 61.1 Å². The van der Waals surface area contributed by atoms with Crippen molar-refractivity contribution in [2.45, 2.75) is 58.0 Å². The first-order valence-corrected chi connectivity index (χ1v) is 12.7. The Bertz CT molecular complexity index is 1130. The van der Waals surface area contributed by atoms with Gasteiger partial charge in [0.1, 0.15) is 0 Å². The number of anilines is 2. The lowest BCUT2D eigenvalue weighted by molar-refractivity contribution is -0.119. The van der Waals surface area contributed by atoms with Crippen LogP contribution in [-0.2, 0) is 16.0 Å². The van der Waals surface area contributed by atoms with Gasteiger partial charge in [0, 0.05) is 12.1 Å². The zero-order valence-corrected chi connectivity index (χ0v) is 21.2. The van der Waals surface area contributed by atoms with Crippen molar-refractivity contribution >= 4 is 29.1 Å². The van der Waals surface area contributed by atoms with E-state index in [9.17, 15) is 9.59 Å². The van der Waals surface area contributed by atoms with E-state index in [2.05, 4.69) is 41.8 Å². The summed E-state index contributed by atoms with van der Waals surface area (Å²) in [6.45, 7) is 3.79. The van der Waals surface area contributed by atoms with E-state index in [1.54, 1.807) is 25.1 Å². The summed E-state index contributed by atoms with van der Waals surface area (Å²) >= 11 is 0. The minimum Gasteiger partial charge on any atom is -0.397 e. The van der Waals surface area contributed by atoms with Crippen LogP contribution in [0.25, 0.3) is 6.08 Å². The summed E-state index contributed by atoms with van der Waals surface area (Å²) in [5, 5.41) is 6.25. The maximum Gasteiger partial charge on any atom is 0.248 e. The molecule has 1 amide bonds. The minimum absolute atomic E-state index is 0.120. The molecule has 4 N–H and O–H groups in total. The van der Waals surface area contributed by atoms with E-state index in [4.69, 9.17) is 5.73 Å². The van der Waals surface area contributed by atoms with Crippen molar-refractivity contribution in [2.75, 3.05) is 11.1 Å². The van der Waals surface area contributed by atoms with Crippen molar-refractivity contribution in [1.29, 1.82) is 0 Å². The molecular formula is C31H37N3O2. The smallest absolute Gasteiger partial charge is 0.248 e. The van der Waals surface area contributed by atoms with Gasteiger partial charge in [0.05, 0.1) is 17.4 Å². The van der Waals surface area contributed by atoms with Gasteiger partial charge in [-0.3, -0.25) is 9.59 Å². The molecule has 0 heterocycles. The Balaban J connectivity index is 0.000000383. The fourth-order valence-electron chi connectivity index (χ4n) is 4.25. The van der Waals surface area contributed by atoms with Crippen LogP contribution in [0.4, 0.5) is 11.4 Å². The Hall–Kier alpha value is -3.70. The molecule has 5 heteroatoms. The highest BCUT2D eigenvalue weighted by molar-refractivity contribution is 6.03. The highest BCUT2D eigenvalue weighted by Crippen LogP contribution is 2.23. The lowest BCUT2D eigenvalue weighted by Gasteiger charge is -2.21. The molecule has 1 aliphatic rings. The van der Waals surface area contributed by atoms with Crippen molar-refractivity contribution in [2.24, 2.45) is 0 Å². The van der Waals surface area contributed by atoms with Crippen LogP contribution >= 0.6 is 0 Å². The highest BCUT2D eigenvalue weighted by atomic mass is 16.1. The third-order valence-electron chi connectivity index (χ3n) is 6.33. The number of amides is 1. The molecule has 1 unspecified atom stereocenters. The number of nitrogens with one attached hydrogen (secondary N) is 2. The number of nitrogens with two attached hydrogens (primary N) is 1. The maximum atomic E-state index is 12.1. The third kappa shape index (κ3) is 8.51. The molecule has 3 aromatic rings. The molecule has 0 saturated heterocycles. The summed E-state index contributed by atoms with van der Waals surface area (Å²) in [4.78, 5) is 24.2. The Morgan fingerprint density at radius 2 is 1.58 bits per heavy atom. The van der Waals surface area contributed by atoms with Gasteiger partial charge in [-0.15, -0.1) is 0 Å². The number of rotatable bonds is 8. The molecule has 1 aliphatic carbocycles. The Morgan fingerprint density at radius 3 is 2.17 bits per heavy atom. The van der Waals surface area contributed by atoms with Crippen LogP contribution in [0.3, 0.4) is 0 Å². The number of carbonyl (C=O) groups excluding carboxylic acids is 2. The molecule has 1 fully saturated rings. The number of para-hydroxylation sites is 2. The first kappa shape index (κ1) is 26.9. The number of ketones is 1. The van der Waals surface area contributed by atoms with E-state index >= 15 is 0 Å². The average Bonchev–Trinajstić information content (AvgIpc) is 3.42. The molecule has 4 rings (SSSR count). The van der Waals surface area contributed by atoms with Gasteiger partial charge in [-0.2, -0.15) is 0 Å². The fraction of sp³-hybridized carbons (Fsp3) is 0.290. The van der Waals surface area contributed by atoms with Crippen LogP contribution < -0.4 is 16.4 Å². The third-order valence-corrected chi connectivity index (χ3v) is 6.33. The molecule has 0 aromatic heterocycles. The number of carbonyl (C=O) groups is 2. The van der Waals surface area contributed by atoms with E-state index in [-0.39, 0.29) is 17.7 Å². The second-order valence-electron chi connectivity index (χ2n) is 9.11. The van der Waals surface area contributed by atoms with Gasteiger partial charge >= 0.3 is 0 Å². The normalized spacial score (nSPS) is 14.2. The van der Waals surface area contributed by atoms with Crippen molar-refractivity contribution in [3.05, 3.63) is 102 Å². The molecule has 0 aliphatic heterocycles. The predicted octanol–water partition coefficient (Wildman–Crippen LogP) is 6.33. The molecule has 0 radical (unpaired) electrons. The van der Waals surface area contributed by atoms with Crippen LogP contribution in [0.2, 0.25) is 0 Å². The topological polar surface area (TPSA) is 84.2 Å². The summed E-state index contributed by atoms with van der Waals surface area (Å²) in [6.07, 6.45) is 9.07. The zero-order chi connectivity index (χ0) is 25.8.